The van der Waals surface area contributed by atoms with Gasteiger partial charge in [-0.3, -0.25) is 14.4 Å². The van der Waals surface area contributed by atoms with Gasteiger partial charge in [0.25, 0.3) is 0 Å². The molecule has 0 bridgehead atoms. The summed E-state index contributed by atoms with van der Waals surface area (Å²) in [7, 11) is 0. The topological polar surface area (TPSA) is 92.5 Å². The molecule has 6 nitrogen and oxygen atoms in total. The third-order valence-electron chi connectivity index (χ3n) is 4.18. The van der Waals surface area contributed by atoms with E-state index in [0.717, 1.165) is 12.1 Å². The molecule has 3 atom stereocenters. The maximum Gasteiger partial charge on any atom is 0.245 e. The second-order valence-electron chi connectivity index (χ2n) is 6.32. The number of hydrogen-bond acceptors (Lipinski definition) is 3. The quantitative estimate of drug-likeness (QED) is 0.728. The molecule has 0 radical (unpaired) electrons. The Labute approximate surface area is 151 Å². The molecule has 0 fully saturated rings. The fourth-order valence-electron chi connectivity index (χ4n) is 2.60. The van der Waals surface area contributed by atoms with Crippen LogP contribution in [-0.4, -0.2) is 40.7 Å². The largest absolute Gasteiger partial charge is 0.368 e. The van der Waals surface area contributed by atoms with Crippen LogP contribution in [0.25, 0.3) is 0 Å². The van der Waals surface area contributed by atoms with E-state index in [9.17, 15) is 23.2 Å². The van der Waals surface area contributed by atoms with E-state index < -0.39 is 41.4 Å². The first-order valence-corrected chi connectivity index (χ1v) is 8.42. The molecule has 0 heterocycles. The number of benzene rings is 1. The van der Waals surface area contributed by atoms with Gasteiger partial charge in [-0.25, -0.2) is 8.78 Å². The molecule has 0 aliphatic carbocycles. The first-order valence-electron chi connectivity index (χ1n) is 8.42. The van der Waals surface area contributed by atoms with Crippen molar-refractivity contribution in [2.75, 3.05) is 0 Å². The molecule has 1 rings (SSSR count). The van der Waals surface area contributed by atoms with Crippen molar-refractivity contribution in [3.63, 3.8) is 0 Å². The zero-order chi connectivity index (χ0) is 20.0. The molecular formula is C18H25F2N3O3. The van der Waals surface area contributed by atoms with E-state index in [1.807, 2.05) is 6.92 Å². The van der Waals surface area contributed by atoms with Gasteiger partial charge in [0, 0.05) is 12.1 Å². The van der Waals surface area contributed by atoms with E-state index in [1.165, 1.54) is 18.7 Å². The predicted molar refractivity (Wildman–Crippen MR) is 92.9 cm³/mol. The second-order valence-corrected chi connectivity index (χ2v) is 6.32. The lowest BCUT2D eigenvalue weighted by atomic mass is 10.1. The maximum absolute atomic E-state index is 13.2. The molecule has 0 saturated carbocycles. The molecular weight excluding hydrogens is 344 g/mol. The van der Waals surface area contributed by atoms with E-state index in [4.69, 9.17) is 5.73 Å². The van der Waals surface area contributed by atoms with Crippen molar-refractivity contribution in [2.24, 2.45) is 5.73 Å². The van der Waals surface area contributed by atoms with Crippen molar-refractivity contribution >= 4 is 17.7 Å². The van der Waals surface area contributed by atoms with Crippen molar-refractivity contribution in [3.05, 3.63) is 35.4 Å². The van der Waals surface area contributed by atoms with E-state index in [-0.39, 0.29) is 18.0 Å². The highest BCUT2D eigenvalue weighted by Crippen LogP contribution is 2.12. The Hall–Kier alpha value is -2.51. The van der Waals surface area contributed by atoms with Crippen LogP contribution in [-0.2, 0) is 20.8 Å². The van der Waals surface area contributed by atoms with E-state index >= 15 is 0 Å². The highest BCUT2D eigenvalue weighted by atomic mass is 19.1. The van der Waals surface area contributed by atoms with Gasteiger partial charge in [0.15, 0.2) is 0 Å². The van der Waals surface area contributed by atoms with Gasteiger partial charge in [0.05, 0.1) is 6.42 Å². The second kappa shape index (κ2) is 9.26. The van der Waals surface area contributed by atoms with Gasteiger partial charge in [-0.2, -0.15) is 0 Å². The van der Waals surface area contributed by atoms with Crippen molar-refractivity contribution in [1.82, 2.24) is 10.2 Å². The van der Waals surface area contributed by atoms with Crippen LogP contribution >= 0.6 is 0 Å². The van der Waals surface area contributed by atoms with Crippen LogP contribution in [0.4, 0.5) is 8.78 Å². The highest BCUT2D eigenvalue weighted by Gasteiger charge is 2.31. The predicted octanol–water partition coefficient (Wildman–Crippen LogP) is 1.51. The molecule has 0 spiro atoms. The Morgan fingerprint density at radius 1 is 1.12 bits per heavy atom. The smallest absolute Gasteiger partial charge is 0.245 e. The normalized spacial score (nSPS) is 14.2. The Balaban J connectivity index is 2.82. The molecule has 144 valence electrons. The van der Waals surface area contributed by atoms with Gasteiger partial charge >= 0.3 is 0 Å². The molecule has 8 heteroatoms. The van der Waals surface area contributed by atoms with Crippen LogP contribution in [0.1, 0.15) is 39.7 Å². The number of halogens is 2. The van der Waals surface area contributed by atoms with Crippen molar-refractivity contribution in [1.29, 1.82) is 0 Å². The summed E-state index contributed by atoms with van der Waals surface area (Å²) in [6.07, 6.45) is 0.327. The highest BCUT2D eigenvalue weighted by molar-refractivity contribution is 5.91. The summed E-state index contributed by atoms with van der Waals surface area (Å²) in [5.74, 6) is -3.23. The number of primary amides is 1. The third-order valence-corrected chi connectivity index (χ3v) is 4.18. The first kappa shape index (κ1) is 21.5. The van der Waals surface area contributed by atoms with Gasteiger partial charge in [-0.15, -0.1) is 0 Å². The van der Waals surface area contributed by atoms with Crippen LogP contribution in [0, 0.1) is 11.6 Å². The minimum Gasteiger partial charge on any atom is -0.368 e. The standard InChI is InChI=1S/C18H25F2N3O3/c1-5-10(2)23(12(4)17(21)25)18(26)11(3)22-16(24)8-13-6-14(19)9-15(20)7-13/h6-7,9-12H,5,8H2,1-4H3,(H2,21,25)(H,22,24)/t10-,11+,12+/m1/s1. The molecule has 3 amide bonds. The average molecular weight is 369 g/mol. The monoisotopic (exact) mass is 369 g/mol. The van der Waals surface area contributed by atoms with Crippen LogP contribution < -0.4 is 11.1 Å². The zero-order valence-electron chi connectivity index (χ0n) is 15.4. The summed E-state index contributed by atoms with van der Waals surface area (Å²) < 4.78 is 26.4. The molecule has 0 unspecified atom stereocenters. The van der Waals surface area contributed by atoms with Gasteiger partial charge in [0.1, 0.15) is 23.7 Å². The van der Waals surface area contributed by atoms with Crippen molar-refractivity contribution in [2.45, 2.75) is 58.7 Å². The van der Waals surface area contributed by atoms with Crippen molar-refractivity contribution in [3.8, 4) is 0 Å². The SMILES string of the molecule is CC[C@@H](C)N(C(=O)[C@H](C)NC(=O)Cc1cc(F)cc(F)c1)[C@@H](C)C(N)=O. The zero-order valence-corrected chi connectivity index (χ0v) is 15.4. The molecule has 0 aliphatic heterocycles. The number of hydrogen-bond donors (Lipinski definition) is 2. The summed E-state index contributed by atoms with van der Waals surface area (Å²) in [4.78, 5) is 37.6. The van der Waals surface area contributed by atoms with Gasteiger partial charge < -0.3 is 16.0 Å². The van der Waals surface area contributed by atoms with Gasteiger partial charge in [-0.1, -0.05) is 6.92 Å². The number of rotatable bonds is 8. The lowest BCUT2D eigenvalue weighted by molar-refractivity contribution is -0.143. The Kier molecular flexibility index (Phi) is 7.67. The molecule has 26 heavy (non-hydrogen) atoms. The average Bonchev–Trinajstić information content (AvgIpc) is 2.53. The summed E-state index contributed by atoms with van der Waals surface area (Å²) >= 11 is 0. The van der Waals surface area contributed by atoms with Gasteiger partial charge in [-0.05, 0) is 44.9 Å². The number of nitrogens with two attached hydrogens (primary N) is 1. The van der Waals surface area contributed by atoms with Crippen LogP contribution in [0.15, 0.2) is 18.2 Å². The fourth-order valence-corrected chi connectivity index (χ4v) is 2.60. The minimum absolute atomic E-state index is 0.156. The third kappa shape index (κ3) is 5.79. The summed E-state index contributed by atoms with van der Waals surface area (Å²) in [5.41, 5.74) is 5.46. The molecule has 0 aromatic heterocycles. The fraction of sp³-hybridized carbons (Fsp3) is 0.500. The number of nitrogens with zero attached hydrogens (tertiary/aromatic N) is 1. The molecule has 1 aromatic carbocycles. The van der Waals surface area contributed by atoms with Crippen LogP contribution in [0.3, 0.4) is 0 Å². The Bertz CT molecular complexity index is 661. The molecule has 3 N–H and O–H groups in total. The molecule has 1 aromatic rings. The number of amides is 3. The van der Waals surface area contributed by atoms with Gasteiger partial charge in [0.2, 0.25) is 17.7 Å². The Morgan fingerprint density at radius 2 is 1.65 bits per heavy atom. The lowest BCUT2D eigenvalue weighted by Crippen LogP contribution is -2.56. The molecule has 0 saturated heterocycles. The van der Waals surface area contributed by atoms with Crippen LogP contribution in [0.2, 0.25) is 0 Å². The van der Waals surface area contributed by atoms with Crippen molar-refractivity contribution < 1.29 is 23.2 Å². The van der Waals surface area contributed by atoms with E-state index in [0.29, 0.717) is 12.5 Å². The molecule has 0 aliphatic rings. The number of nitrogens with one attached hydrogen (secondary N) is 1. The summed E-state index contributed by atoms with van der Waals surface area (Å²) in [6, 6.07) is 0.821. The number of carbonyl (C=O) groups excluding carboxylic acids is 3. The van der Waals surface area contributed by atoms with Crippen LogP contribution in [0.5, 0.6) is 0 Å². The number of carbonyl (C=O) groups is 3. The summed E-state index contributed by atoms with van der Waals surface area (Å²) in [6.45, 7) is 6.65. The minimum atomic E-state index is -0.920. The van der Waals surface area contributed by atoms with E-state index in [2.05, 4.69) is 5.32 Å². The first-order chi connectivity index (χ1) is 12.1. The maximum atomic E-state index is 13.2. The lowest BCUT2D eigenvalue weighted by Gasteiger charge is -2.34. The summed E-state index contributed by atoms with van der Waals surface area (Å²) in [5, 5.41) is 2.49. The van der Waals surface area contributed by atoms with E-state index in [1.54, 1.807) is 6.92 Å². The Morgan fingerprint density at radius 3 is 2.12 bits per heavy atom.